The van der Waals surface area contributed by atoms with Crippen LogP contribution in [-0.2, 0) is 24.0 Å². The molecule has 0 atom stereocenters. The van der Waals surface area contributed by atoms with Gasteiger partial charge in [0.2, 0.25) is 0 Å². The number of anilines is 5. The molecule has 5 aromatic carbocycles. The molecule has 0 aliphatic rings. The lowest BCUT2D eigenvalue weighted by Crippen LogP contribution is -2.47. The summed E-state index contributed by atoms with van der Waals surface area (Å²) in [6, 6.07) is 31.1. The highest BCUT2D eigenvalue weighted by molar-refractivity contribution is 5.79. The maximum Gasteiger partial charge on any atom is 0.325 e. The summed E-state index contributed by atoms with van der Waals surface area (Å²) in [5.74, 6) is -2.18. The SMILES string of the molecule is Nc1ccc(OC(=O)CN(CCN(CC(=O)Oc2ccc(N)cc2)CC(=O)Oc2ccc(N)cc2)CCN(CC(=O)Oc2ccc(N)cc2)CC(=O)Oc2ccc(N)cc2)cc1. The Balaban J connectivity index is 1.33. The minimum atomic E-state index is -0.685. The zero-order valence-corrected chi connectivity index (χ0v) is 33.7. The second-order valence-corrected chi connectivity index (χ2v) is 13.9. The van der Waals surface area contributed by atoms with Crippen LogP contribution in [0.4, 0.5) is 28.4 Å². The summed E-state index contributed by atoms with van der Waals surface area (Å²) in [5, 5.41) is 0. The number of rotatable bonds is 21. The van der Waals surface area contributed by atoms with Crippen LogP contribution in [0.25, 0.3) is 0 Å². The first-order valence-corrected chi connectivity index (χ1v) is 19.2. The molecule has 0 aliphatic carbocycles. The first-order chi connectivity index (χ1) is 29.7. The van der Waals surface area contributed by atoms with E-state index in [1.54, 1.807) is 77.7 Å². The molecule has 0 amide bonds. The van der Waals surface area contributed by atoms with Crippen LogP contribution in [0.15, 0.2) is 121 Å². The molecule has 0 aliphatic heterocycles. The molecule has 62 heavy (non-hydrogen) atoms. The fourth-order valence-corrected chi connectivity index (χ4v) is 5.67. The average molecular weight is 849 g/mol. The van der Waals surface area contributed by atoms with Gasteiger partial charge in [-0.05, 0) is 121 Å². The van der Waals surface area contributed by atoms with E-state index in [1.165, 1.54) is 58.3 Å². The van der Waals surface area contributed by atoms with Crippen LogP contribution in [0.5, 0.6) is 28.7 Å². The lowest BCUT2D eigenvalue weighted by Gasteiger charge is -2.28. The van der Waals surface area contributed by atoms with Crippen LogP contribution >= 0.6 is 0 Å². The van der Waals surface area contributed by atoms with Gasteiger partial charge >= 0.3 is 29.8 Å². The van der Waals surface area contributed by atoms with Gasteiger partial charge in [0.05, 0.1) is 32.7 Å². The number of carbonyl (C=O) groups is 5. The molecule has 0 heterocycles. The summed E-state index contributed by atoms with van der Waals surface area (Å²) in [7, 11) is 0. The number of ether oxygens (including phenoxy) is 5. The molecule has 10 N–H and O–H groups in total. The standard InChI is InChI=1S/C44H48N8O10/c45-30-1-11-35(12-2-30)58-40(53)25-50(21-23-51(26-41(54)59-36-13-3-31(46)4-14-36)27-42(55)60-37-15-5-32(47)6-16-37)22-24-52(28-43(56)61-38-17-7-33(48)8-18-38)29-44(57)62-39-19-9-34(49)10-20-39/h1-20H,21-29,45-49H2. The molecule has 0 bridgehead atoms. The van der Waals surface area contributed by atoms with Crippen LogP contribution in [-0.4, -0.2) is 103 Å². The fourth-order valence-electron chi connectivity index (χ4n) is 5.67. The van der Waals surface area contributed by atoms with Gasteiger partial charge in [0, 0.05) is 54.6 Å². The molecule has 0 radical (unpaired) electrons. The van der Waals surface area contributed by atoms with Crippen LogP contribution in [0.2, 0.25) is 0 Å². The summed E-state index contributed by atoms with van der Waals surface area (Å²) in [4.78, 5) is 70.8. The maximum atomic E-state index is 13.4. The van der Waals surface area contributed by atoms with Crippen LogP contribution < -0.4 is 52.4 Å². The second kappa shape index (κ2) is 22.6. The summed E-state index contributed by atoms with van der Waals surface area (Å²) in [6.45, 7) is -1.51. The third-order valence-corrected chi connectivity index (χ3v) is 8.79. The number of carbonyl (C=O) groups excluding carboxylic acids is 5. The molecular formula is C44H48N8O10. The smallest absolute Gasteiger partial charge is 0.325 e. The number of hydrogen-bond acceptors (Lipinski definition) is 18. The van der Waals surface area contributed by atoms with E-state index in [9.17, 15) is 24.0 Å². The molecular weight excluding hydrogens is 801 g/mol. The van der Waals surface area contributed by atoms with Crippen molar-refractivity contribution >= 4 is 58.3 Å². The number of nitrogen functional groups attached to an aromatic ring is 5. The van der Waals surface area contributed by atoms with E-state index < -0.39 is 29.8 Å². The summed E-state index contributed by atoms with van der Waals surface area (Å²) >= 11 is 0. The molecule has 0 saturated carbocycles. The van der Waals surface area contributed by atoms with Crippen molar-refractivity contribution in [1.82, 2.24) is 14.7 Å². The number of nitrogens with zero attached hydrogens (tertiary/aromatic N) is 3. The second-order valence-electron chi connectivity index (χ2n) is 13.9. The Labute approximate surface area is 357 Å². The van der Waals surface area contributed by atoms with Crippen LogP contribution in [0.3, 0.4) is 0 Å². The average Bonchev–Trinajstić information content (AvgIpc) is 3.23. The number of benzene rings is 5. The van der Waals surface area contributed by atoms with Crippen LogP contribution in [0, 0.1) is 0 Å². The van der Waals surface area contributed by atoms with Crippen molar-refractivity contribution in [2.45, 2.75) is 0 Å². The van der Waals surface area contributed by atoms with E-state index in [4.69, 9.17) is 52.4 Å². The molecule has 18 heteroatoms. The zero-order valence-electron chi connectivity index (χ0n) is 33.7. The minimum absolute atomic E-state index is 0.0290. The molecule has 5 rings (SSSR count). The molecule has 0 fully saturated rings. The van der Waals surface area contributed by atoms with Gasteiger partial charge < -0.3 is 52.4 Å². The van der Waals surface area contributed by atoms with Crippen molar-refractivity contribution in [3.05, 3.63) is 121 Å². The highest BCUT2D eigenvalue weighted by Crippen LogP contribution is 2.18. The van der Waals surface area contributed by atoms with Crippen molar-refractivity contribution in [2.75, 3.05) is 87.6 Å². The Bertz CT molecular complexity index is 2000. The van der Waals surface area contributed by atoms with Crippen molar-refractivity contribution in [1.29, 1.82) is 0 Å². The fraction of sp³-hybridized carbons (Fsp3) is 0.205. The molecule has 324 valence electrons. The third-order valence-electron chi connectivity index (χ3n) is 8.79. The maximum absolute atomic E-state index is 13.4. The largest absolute Gasteiger partial charge is 0.426 e. The predicted octanol–water partition coefficient (Wildman–Crippen LogP) is 2.83. The molecule has 0 unspecified atom stereocenters. The Kier molecular flexibility index (Phi) is 16.6. The third kappa shape index (κ3) is 16.2. The number of esters is 5. The van der Waals surface area contributed by atoms with Gasteiger partial charge in [-0.25, -0.2) is 0 Å². The highest BCUT2D eigenvalue weighted by atomic mass is 16.6. The lowest BCUT2D eigenvalue weighted by atomic mass is 10.3. The van der Waals surface area contributed by atoms with E-state index in [-0.39, 0.29) is 87.7 Å². The Morgan fingerprint density at radius 3 is 0.645 bits per heavy atom. The first kappa shape index (κ1) is 45.4. The van der Waals surface area contributed by atoms with Crippen molar-refractivity contribution in [2.24, 2.45) is 0 Å². The summed E-state index contributed by atoms with van der Waals surface area (Å²) in [6.07, 6.45) is 0. The van der Waals surface area contributed by atoms with Crippen molar-refractivity contribution < 1.29 is 47.7 Å². The molecule has 0 aromatic heterocycles. The highest BCUT2D eigenvalue weighted by Gasteiger charge is 2.23. The van der Waals surface area contributed by atoms with E-state index >= 15 is 0 Å². The molecule has 5 aromatic rings. The topological polar surface area (TPSA) is 271 Å². The first-order valence-electron chi connectivity index (χ1n) is 19.2. The molecule has 18 nitrogen and oxygen atoms in total. The number of hydrogen-bond donors (Lipinski definition) is 5. The van der Waals surface area contributed by atoms with Crippen LogP contribution in [0.1, 0.15) is 0 Å². The van der Waals surface area contributed by atoms with Gasteiger partial charge in [-0.2, -0.15) is 0 Å². The van der Waals surface area contributed by atoms with Gasteiger partial charge in [0.15, 0.2) is 0 Å². The predicted molar refractivity (Wildman–Crippen MR) is 232 cm³/mol. The minimum Gasteiger partial charge on any atom is -0.426 e. The van der Waals surface area contributed by atoms with E-state index in [0.717, 1.165) is 0 Å². The molecule has 0 spiro atoms. The Hall–Kier alpha value is -7.67. The van der Waals surface area contributed by atoms with Crippen molar-refractivity contribution in [3.63, 3.8) is 0 Å². The van der Waals surface area contributed by atoms with Gasteiger partial charge in [0.1, 0.15) is 28.7 Å². The Morgan fingerprint density at radius 1 is 0.290 bits per heavy atom. The Morgan fingerprint density at radius 2 is 0.452 bits per heavy atom. The van der Waals surface area contributed by atoms with E-state index in [0.29, 0.717) is 28.4 Å². The van der Waals surface area contributed by atoms with E-state index in [1.807, 2.05) is 0 Å². The summed E-state index contributed by atoms with van der Waals surface area (Å²) in [5.41, 5.74) is 31.3. The normalized spacial score (nSPS) is 11.0. The summed E-state index contributed by atoms with van der Waals surface area (Å²) < 4.78 is 27.6. The monoisotopic (exact) mass is 848 g/mol. The quantitative estimate of drug-likeness (QED) is 0.0403. The number of nitrogens with two attached hydrogens (primary N) is 5. The van der Waals surface area contributed by atoms with Gasteiger partial charge in [0.25, 0.3) is 0 Å². The zero-order chi connectivity index (χ0) is 44.4. The van der Waals surface area contributed by atoms with Gasteiger partial charge in [-0.3, -0.25) is 38.7 Å². The van der Waals surface area contributed by atoms with E-state index in [2.05, 4.69) is 0 Å². The van der Waals surface area contributed by atoms with Gasteiger partial charge in [-0.1, -0.05) is 0 Å². The lowest BCUT2D eigenvalue weighted by molar-refractivity contribution is -0.140. The van der Waals surface area contributed by atoms with Crippen molar-refractivity contribution in [3.8, 4) is 28.7 Å². The molecule has 0 saturated heterocycles. The van der Waals surface area contributed by atoms with Gasteiger partial charge in [-0.15, -0.1) is 0 Å².